The van der Waals surface area contributed by atoms with Crippen molar-refractivity contribution in [3.63, 3.8) is 0 Å². The van der Waals surface area contributed by atoms with Crippen LogP contribution < -0.4 is 24.6 Å². The fourth-order valence-electron chi connectivity index (χ4n) is 7.20. The van der Waals surface area contributed by atoms with Gasteiger partial charge in [0.1, 0.15) is 24.3 Å². The highest BCUT2D eigenvalue weighted by molar-refractivity contribution is 5.95. The first-order valence-electron chi connectivity index (χ1n) is 16.8. The molecule has 1 unspecified atom stereocenters. The van der Waals surface area contributed by atoms with Crippen LogP contribution in [0.25, 0.3) is 10.8 Å². The topological polar surface area (TPSA) is 127 Å². The third kappa shape index (κ3) is 6.66. The molecule has 0 bridgehead atoms. The van der Waals surface area contributed by atoms with Gasteiger partial charge in [-0.25, -0.2) is 4.79 Å². The van der Waals surface area contributed by atoms with Crippen molar-refractivity contribution < 1.29 is 19.4 Å². The number of hydrogen-bond acceptors (Lipinski definition) is 9. The summed E-state index contributed by atoms with van der Waals surface area (Å²) in [5.74, 6) is 1.59. The number of nitrogens with zero attached hydrogens (tertiary/aromatic N) is 6. The molecule has 0 saturated carbocycles. The Hall–Kier alpha value is -5.08. The van der Waals surface area contributed by atoms with Crippen LogP contribution in [0.5, 0.6) is 11.8 Å². The molecule has 3 aliphatic rings. The molecule has 3 aromatic carbocycles. The van der Waals surface area contributed by atoms with Crippen LogP contribution in [0.3, 0.4) is 0 Å². The fraction of sp³-hybridized carbons (Fsp3) is 0.405. The third-order valence-corrected chi connectivity index (χ3v) is 9.74. The second kappa shape index (κ2) is 14.0. The molecule has 48 heavy (non-hydrogen) atoms. The molecule has 0 aliphatic carbocycles. The van der Waals surface area contributed by atoms with Gasteiger partial charge in [-0.2, -0.15) is 15.2 Å². The number of hydrogen-bond donors (Lipinski definition) is 2. The Kier molecular flexibility index (Phi) is 9.16. The molecule has 4 heterocycles. The summed E-state index contributed by atoms with van der Waals surface area (Å²) in [6.07, 6.45) is 1.86. The first-order valence-corrected chi connectivity index (χ1v) is 16.8. The van der Waals surface area contributed by atoms with Crippen molar-refractivity contribution in [1.29, 1.82) is 5.26 Å². The lowest BCUT2D eigenvalue weighted by molar-refractivity contribution is 0.118. The Bertz CT molecular complexity index is 1810. The number of anilines is 2. The monoisotopic (exact) mass is 647 g/mol. The Morgan fingerprint density at radius 2 is 1.92 bits per heavy atom. The molecule has 2 N–H and O–H groups in total. The molecular formula is C37H41N7O4. The van der Waals surface area contributed by atoms with Gasteiger partial charge in [-0.05, 0) is 49.7 Å². The summed E-state index contributed by atoms with van der Waals surface area (Å²) >= 11 is 0. The predicted octanol–water partition coefficient (Wildman–Crippen LogP) is 5.37. The van der Waals surface area contributed by atoms with Crippen LogP contribution in [-0.2, 0) is 19.6 Å². The van der Waals surface area contributed by atoms with E-state index in [9.17, 15) is 15.2 Å². The van der Waals surface area contributed by atoms with E-state index >= 15 is 0 Å². The van der Waals surface area contributed by atoms with Gasteiger partial charge in [0.2, 0.25) is 0 Å². The van der Waals surface area contributed by atoms with E-state index in [0.29, 0.717) is 45.2 Å². The number of aromatic nitrogens is 2. The highest BCUT2D eigenvalue weighted by Gasteiger charge is 2.34. The number of carboxylic acid groups (broad SMARTS) is 1. The second-order valence-corrected chi connectivity index (χ2v) is 12.8. The predicted molar refractivity (Wildman–Crippen MR) is 184 cm³/mol. The van der Waals surface area contributed by atoms with Crippen LogP contribution in [0.4, 0.5) is 16.3 Å². The zero-order chi connectivity index (χ0) is 33.0. The first-order chi connectivity index (χ1) is 23.5. The van der Waals surface area contributed by atoms with Crippen LogP contribution in [0, 0.1) is 11.3 Å². The number of fused-ring (bicyclic) bond motifs is 2. The Balaban J connectivity index is 1.22. The standard InChI is InChI=1S/C37H41N7O4/c1-25(32-12-7-16-39-32)48-36-40-33-23-42(17-14-31(33)35(41-36)43-18-19-44(37(45)46)28(22-43)13-15-38)34-21-29(20-27-10-5-6-11-30(27)34)47-24-26-8-3-2-4-9-26/h2-6,8-11,20-21,25,28,32,39H,7,12-14,16-19,22-24H2,1H3,(H,45,46)/t25?,28-,32+/m0/s1. The number of nitrogens with one attached hydrogen (secondary N) is 1. The number of piperazine rings is 1. The summed E-state index contributed by atoms with van der Waals surface area (Å²) in [5, 5.41) is 25.0. The Morgan fingerprint density at radius 3 is 2.71 bits per heavy atom. The molecule has 3 atom stereocenters. The minimum Gasteiger partial charge on any atom is -0.489 e. The third-order valence-electron chi connectivity index (χ3n) is 9.74. The van der Waals surface area contributed by atoms with Crippen molar-refractivity contribution in [2.75, 3.05) is 42.5 Å². The minimum atomic E-state index is -1.00. The van der Waals surface area contributed by atoms with Crippen molar-refractivity contribution in [1.82, 2.24) is 20.2 Å². The van der Waals surface area contributed by atoms with Crippen molar-refractivity contribution >= 4 is 28.4 Å². The molecule has 1 amide bonds. The molecule has 1 aromatic heterocycles. The van der Waals surface area contributed by atoms with E-state index in [1.165, 1.54) is 4.90 Å². The van der Waals surface area contributed by atoms with E-state index in [-0.39, 0.29) is 18.6 Å². The smallest absolute Gasteiger partial charge is 0.407 e. The van der Waals surface area contributed by atoms with E-state index in [1.807, 2.05) is 24.3 Å². The van der Waals surface area contributed by atoms with Crippen LogP contribution in [0.1, 0.15) is 43.0 Å². The molecule has 0 spiro atoms. The number of rotatable bonds is 9. The molecule has 7 rings (SSSR count). The van der Waals surface area contributed by atoms with Gasteiger partial charge in [0.05, 0.1) is 30.8 Å². The summed E-state index contributed by atoms with van der Waals surface area (Å²) < 4.78 is 12.7. The van der Waals surface area contributed by atoms with Gasteiger partial charge in [0.15, 0.2) is 0 Å². The molecule has 4 aromatic rings. The van der Waals surface area contributed by atoms with Gasteiger partial charge in [0, 0.05) is 54.9 Å². The fourth-order valence-corrected chi connectivity index (χ4v) is 7.20. The SMILES string of the molecule is CC(Oc1nc2c(c(N3CCN(C(=O)O)[C@@H](CC#N)C3)n1)CCN(c1cc(OCc3ccccc3)cc3ccccc13)C2)[C@H]1CCCN1. The van der Waals surface area contributed by atoms with E-state index in [4.69, 9.17) is 19.4 Å². The molecule has 11 heteroatoms. The maximum atomic E-state index is 11.9. The average molecular weight is 648 g/mol. The highest BCUT2D eigenvalue weighted by atomic mass is 16.5. The van der Waals surface area contributed by atoms with Gasteiger partial charge < -0.3 is 34.6 Å². The van der Waals surface area contributed by atoms with Crippen molar-refractivity contribution in [2.24, 2.45) is 0 Å². The summed E-state index contributed by atoms with van der Waals surface area (Å²) in [6, 6.07) is 25.1. The van der Waals surface area contributed by atoms with Gasteiger partial charge in [-0.3, -0.25) is 0 Å². The van der Waals surface area contributed by atoms with Gasteiger partial charge in [-0.1, -0.05) is 54.6 Å². The van der Waals surface area contributed by atoms with E-state index in [1.54, 1.807) is 0 Å². The first kappa shape index (κ1) is 31.5. The van der Waals surface area contributed by atoms with Crippen LogP contribution in [0.2, 0.25) is 0 Å². The van der Waals surface area contributed by atoms with Gasteiger partial charge in [-0.15, -0.1) is 0 Å². The van der Waals surface area contributed by atoms with Crippen molar-refractivity contribution in [3.8, 4) is 17.8 Å². The van der Waals surface area contributed by atoms with Crippen molar-refractivity contribution in [2.45, 2.75) is 63.9 Å². The largest absolute Gasteiger partial charge is 0.489 e. The number of ether oxygens (including phenoxy) is 2. The number of carbonyl (C=O) groups is 1. The summed E-state index contributed by atoms with van der Waals surface area (Å²) in [7, 11) is 0. The van der Waals surface area contributed by atoms with E-state index < -0.39 is 12.1 Å². The number of nitriles is 1. The number of benzene rings is 3. The summed E-state index contributed by atoms with van der Waals surface area (Å²) in [5.41, 5.74) is 4.13. The molecule has 2 fully saturated rings. The molecule has 2 saturated heterocycles. The van der Waals surface area contributed by atoms with Crippen LogP contribution in [0.15, 0.2) is 66.7 Å². The molecule has 0 radical (unpaired) electrons. The maximum absolute atomic E-state index is 11.9. The zero-order valence-corrected chi connectivity index (χ0v) is 27.2. The Morgan fingerprint density at radius 1 is 1.08 bits per heavy atom. The minimum absolute atomic E-state index is 0.115. The molecular weight excluding hydrogens is 606 g/mol. The van der Waals surface area contributed by atoms with Gasteiger partial charge in [0.25, 0.3) is 0 Å². The van der Waals surface area contributed by atoms with E-state index in [0.717, 1.165) is 70.8 Å². The lowest BCUT2D eigenvalue weighted by Crippen LogP contribution is -2.55. The Labute approximate surface area is 280 Å². The second-order valence-electron chi connectivity index (χ2n) is 12.8. The lowest BCUT2D eigenvalue weighted by Gasteiger charge is -2.41. The normalized spacial score (nSPS) is 19.9. The van der Waals surface area contributed by atoms with E-state index in [2.05, 4.69) is 70.6 Å². The summed E-state index contributed by atoms with van der Waals surface area (Å²) in [6.45, 7) is 5.97. The van der Waals surface area contributed by atoms with Gasteiger partial charge >= 0.3 is 12.1 Å². The van der Waals surface area contributed by atoms with Crippen LogP contribution in [-0.4, -0.2) is 77.0 Å². The lowest BCUT2D eigenvalue weighted by atomic mass is 10.0. The van der Waals surface area contributed by atoms with Crippen molar-refractivity contribution in [3.05, 3.63) is 83.6 Å². The molecule has 11 nitrogen and oxygen atoms in total. The maximum Gasteiger partial charge on any atom is 0.407 e. The average Bonchev–Trinajstić information content (AvgIpc) is 3.66. The van der Waals surface area contributed by atoms with Crippen LogP contribution >= 0.6 is 0 Å². The summed E-state index contributed by atoms with van der Waals surface area (Å²) in [4.78, 5) is 27.8. The highest BCUT2D eigenvalue weighted by Crippen LogP contribution is 2.37. The number of amides is 1. The zero-order valence-electron chi connectivity index (χ0n) is 27.2. The molecule has 248 valence electrons. The quantitative estimate of drug-likeness (QED) is 0.245. The molecule has 3 aliphatic heterocycles.